The molecule has 0 saturated carbocycles. The first-order chi connectivity index (χ1) is 9.49. The third kappa shape index (κ3) is 4.31. The molecule has 0 spiro atoms. The molecule has 1 aromatic carbocycles. The van der Waals surface area contributed by atoms with Crippen LogP contribution in [0.3, 0.4) is 0 Å². The molecular formula is C14H21N3O3. The number of rotatable bonds is 7. The molecule has 0 aromatic heterocycles. The lowest BCUT2D eigenvalue weighted by Gasteiger charge is -2.12. The molecule has 0 fully saturated rings. The topological polar surface area (TPSA) is 98.3 Å². The number of amides is 1. The number of aryl methyl sites for hydroxylation is 1. The Morgan fingerprint density at radius 3 is 2.70 bits per heavy atom. The predicted molar refractivity (Wildman–Crippen MR) is 78.6 cm³/mol. The van der Waals surface area contributed by atoms with Gasteiger partial charge in [0.1, 0.15) is 0 Å². The van der Waals surface area contributed by atoms with Gasteiger partial charge in [0.25, 0.3) is 5.69 Å². The lowest BCUT2D eigenvalue weighted by Crippen LogP contribution is -2.35. The number of hydrogen-bond donors (Lipinski definition) is 2. The van der Waals surface area contributed by atoms with E-state index in [1.165, 1.54) is 6.07 Å². The SMILES string of the molecule is CCCC[C@H](N)C(=O)Nc1ccc(CC)c([N+](=O)[O-])c1. The molecule has 110 valence electrons. The molecule has 1 amide bonds. The molecule has 0 aliphatic heterocycles. The van der Waals surface area contributed by atoms with E-state index < -0.39 is 11.0 Å². The molecule has 3 N–H and O–H groups in total. The number of nitrogens with one attached hydrogen (secondary N) is 1. The van der Waals surface area contributed by atoms with E-state index in [0.29, 0.717) is 24.1 Å². The summed E-state index contributed by atoms with van der Waals surface area (Å²) in [5, 5.41) is 13.6. The number of unbranched alkanes of at least 4 members (excludes halogenated alkanes) is 1. The van der Waals surface area contributed by atoms with Crippen molar-refractivity contribution >= 4 is 17.3 Å². The summed E-state index contributed by atoms with van der Waals surface area (Å²) in [5.41, 5.74) is 6.83. The van der Waals surface area contributed by atoms with Gasteiger partial charge in [-0.05, 0) is 18.9 Å². The number of carbonyl (C=O) groups is 1. The van der Waals surface area contributed by atoms with Crippen LogP contribution < -0.4 is 11.1 Å². The molecule has 6 nitrogen and oxygen atoms in total. The number of carbonyl (C=O) groups excluding carboxylic acids is 1. The van der Waals surface area contributed by atoms with Crippen molar-refractivity contribution in [1.29, 1.82) is 0 Å². The first kappa shape index (κ1) is 16.1. The Morgan fingerprint density at radius 1 is 1.45 bits per heavy atom. The number of nitrogens with zero attached hydrogens (tertiary/aromatic N) is 1. The zero-order chi connectivity index (χ0) is 15.1. The van der Waals surface area contributed by atoms with Crippen molar-refractivity contribution in [2.24, 2.45) is 5.73 Å². The standard InChI is InChI=1S/C14H21N3O3/c1-3-5-6-12(15)14(18)16-11-8-7-10(4-2)13(9-11)17(19)20/h7-9,12H,3-6,15H2,1-2H3,(H,16,18)/t12-/m0/s1. The predicted octanol–water partition coefficient (Wildman–Crippen LogP) is 2.61. The molecule has 0 aliphatic carbocycles. The van der Waals surface area contributed by atoms with Crippen molar-refractivity contribution in [1.82, 2.24) is 0 Å². The lowest BCUT2D eigenvalue weighted by atomic mass is 10.1. The van der Waals surface area contributed by atoms with E-state index in [2.05, 4.69) is 5.32 Å². The van der Waals surface area contributed by atoms with Crippen molar-refractivity contribution < 1.29 is 9.72 Å². The summed E-state index contributed by atoms with van der Waals surface area (Å²) >= 11 is 0. The van der Waals surface area contributed by atoms with Gasteiger partial charge in [-0.15, -0.1) is 0 Å². The van der Waals surface area contributed by atoms with E-state index in [1.54, 1.807) is 12.1 Å². The van der Waals surface area contributed by atoms with E-state index in [-0.39, 0.29) is 11.6 Å². The summed E-state index contributed by atoms with van der Waals surface area (Å²) < 4.78 is 0. The van der Waals surface area contributed by atoms with E-state index >= 15 is 0 Å². The van der Waals surface area contributed by atoms with Crippen molar-refractivity contribution in [2.75, 3.05) is 5.32 Å². The van der Waals surface area contributed by atoms with E-state index in [4.69, 9.17) is 5.73 Å². The first-order valence-corrected chi connectivity index (χ1v) is 6.83. The van der Waals surface area contributed by atoms with Crippen LogP contribution in [0.2, 0.25) is 0 Å². The summed E-state index contributed by atoms with van der Waals surface area (Å²) in [6.07, 6.45) is 3.03. The van der Waals surface area contributed by atoms with Gasteiger partial charge >= 0.3 is 0 Å². The van der Waals surface area contributed by atoms with Gasteiger partial charge in [0.05, 0.1) is 11.0 Å². The summed E-state index contributed by atoms with van der Waals surface area (Å²) in [6, 6.07) is 4.12. The number of hydrogen-bond acceptors (Lipinski definition) is 4. The van der Waals surface area contributed by atoms with Crippen molar-refractivity contribution in [2.45, 2.75) is 45.6 Å². The minimum absolute atomic E-state index is 0.0208. The van der Waals surface area contributed by atoms with Crippen LogP contribution in [0, 0.1) is 10.1 Å². The van der Waals surface area contributed by atoms with Gasteiger partial charge in [0.15, 0.2) is 0 Å². The first-order valence-electron chi connectivity index (χ1n) is 6.83. The highest BCUT2D eigenvalue weighted by atomic mass is 16.6. The van der Waals surface area contributed by atoms with Gasteiger partial charge in [0.2, 0.25) is 5.91 Å². The van der Waals surface area contributed by atoms with Crippen LogP contribution in [-0.4, -0.2) is 16.9 Å². The second-order valence-electron chi connectivity index (χ2n) is 4.69. The maximum atomic E-state index is 11.8. The quantitative estimate of drug-likeness (QED) is 0.592. The Balaban J connectivity index is 2.80. The van der Waals surface area contributed by atoms with Crippen LogP contribution in [0.4, 0.5) is 11.4 Å². The molecule has 0 aliphatic rings. The van der Waals surface area contributed by atoms with Gasteiger partial charge in [-0.1, -0.05) is 32.8 Å². The molecule has 0 heterocycles. The van der Waals surface area contributed by atoms with Gasteiger partial charge in [-0.25, -0.2) is 0 Å². The number of nitro groups is 1. The lowest BCUT2D eigenvalue weighted by molar-refractivity contribution is -0.385. The maximum absolute atomic E-state index is 11.8. The molecule has 0 unspecified atom stereocenters. The summed E-state index contributed by atoms with van der Waals surface area (Å²) in [7, 11) is 0. The van der Waals surface area contributed by atoms with E-state index in [9.17, 15) is 14.9 Å². The molecule has 0 radical (unpaired) electrons. The summed E-state index contributed by atoms with van der Waals surface area (Å²) in [4.78, 5) is 22.4. The monoisotopic (exact) mass is 279 g/mol. The fourth-order valence-electron chi connectivity index (χ4n) is 1.90. The molecule has 1 aromatic rings. The molecule has 6 heteroatoms. The fraction of sp³-hybridized carbons (Fsp3) is 0.500. The molecule has 1 rings (SSSR count). The van der Waals surface area contributed by atoms with Gasteiger partial charge < -0.3 is 11.1 Å². The number of nitro benzene ring substituents is 1. The van der Waals surface area contributed by atoms with Crippen molar-refractivity contribution in [3.05, 3.63) is 33.9 Å². The number of anilines is 1. The number of nitrogens with two attached hydrogens (primary N) is 1. The molecule has 0 bridgehead atoms. The molecule has 20 heavy (non-hydrogen) atoms. The Morgan fingerprint density at radius 2 is 2.15 bits per heavy atom. The highest BCUT2D eigenvalue weighted by Gasteiger charge is 2.16. The van der Waals surface area contributed by atoms with Crippen LogP contribution in [-0.2, 0) is 11.2 Å². The highest BCUT2D eigenvalue weighted by molar-refractivity contribution is 5.94. The Kier molecular flexibility index (Phi) is 6.11. The van der Waals surface area contributed by atoms with Crippen molar-refractivity contribution in [3.8, 4) is 0 Å². The fourth-order valence-corrected chi connectivity index (χ4v) is 1.90. The molecular weight excluding hydrogens is 258 g/mol. The van der Waals surface area contributed by atoms with Crippen LogP contribution >= 0.6 is 0 Å². The molecule has 0 saturated heterocycles. The van der Waals surface area contributed by atoms with Gasteiger partial charge in [0, 0.05) is 17.3 Å². The van der Waals surface area contributed by atoms with Crippen molar-refractivity contribution in [3.63, 3.8) is 0 Å². The molecule has 1 atom stereocenters. The zero-order valence-electron chi connectivity index (χ0n) is 11.9. The van der Waals surface area contributed by atoms with Gasteiger partial charge in [-0.3, -0.25) is 14.9 Å². The Labute approximate surface area is 118 Å². The summed E-state index contributed by atoms with van der Waals surface area (Å²) in [6.45, 7) is 3.87. The maximum Gasteiger partial charge on any atom is 0.274 e. The third-order valence-corrected chi connectivity index (χ3v) is 3.14. The second kappa shape index (κ2) is 7.59. The van der Waals surface area contributed by atoms with Gasteiger partial charge in [-0.2, -0.15) is 0 Å². The van der Waals surface area contributed by atoms with E-state index in [0.717, 1.165) is 12.8 Å². The Hall–Kier alpha value is -1.95. The largest absolute Gasteiger partial charge is 0.324 e. The zero-order valence-corrected chi connectivity index (χ0v) is 11.9. The number of benzene rings is 1. The van der Waals surface area contributed by atoms with Crippen LogP contribution in [0.5, 0.6) is 0 Å². The minimum atomic E-state index is -0.583. The highest BCUT2D eigenvalue weighted by Crippen LogP contribution is 2.23. The van der Waals surface area contributed by atoms with Crippen LogP contribution in [0.25, 0.3) is 0 Å². The smallest absolute Gasteiger partial charge is 0.274 e. The Bertz CT molecular complexity index is 489. The average molecular weight is 279 g/mol. The van der Waals surface area contributed by atoms with Crippen LogP contribution in [0.15, 0.2) is 18.2 Å². The average Bonchev–Trinajstić information content (AvgIpc) is 2.44. The van der Waals surface area contributed by atoms with Crippen LogP contribution in [0.1, 0.15) is 38.7 Å². The normalized spacial score (nSPS) is 11.9. The summed E-state index contributed by atoms with van der Waals surface area (Å²) in [5.74, 6) is -0.308. The second-order valence-corrected chi connectivity index (χ2v) is 4.69. The third-order valence-electron chi connectivity index (χ3n) is 3.14. The van der Waals surface area contributed by atoms with E-state index in [1.807, 2.05) is 13.8 Å². The minimum Gasteiger partial charge on any atom is -0.324 e.